The molecule has 0 spiro atoms. The minimum absolute atomic E-state index is 0.116. The van der Waals surface area contributed by atoms with E-state index in [-0.39, 0.29) is 52.8 Å². The Morgan fingerprint density at radius 3 is 1.92 bits per heavy atom. The van der Waals surface area contributed by atoms with Crippen molar-refractivity contribution in [3.8, 4) is 62.9 Å². The highest BCUT2D eigenvalue weighted by Crippen LogP contribution is 2.50. The number of hydrogen-bond acceptors (Lipinski definition) is 27. The lowest BCUT2D eigenvalue weighted by molar-refractivity contribution is -0.334. The number of phenols is 3. The molecule has 36 nitrogen and oxygen atoms in total. The highest BCUT2D eigenvalue weighted by Gasteiger charge is 2.53. The second-order valence-corrected chi connectivity index (χ2v) is 32.3. The number of hydrogen-bond donors (Lipinski definition) is 20. The fourth-order valence-corrected chi connectivity index (χ4v) is 15.6. The lowest BCUT2D eigenvalue weighted by Gasteiger charge is -2.48. The van der Waals surface area contributed by atoms with Crippen LogP contribution in [0.4, 0.5) is 0 Å². The molecule has 658 valence electrons. The number of halogens is 2. The molecule has 6 aromatic rings. The standard InChI is InChI=1S/C84H102Cl2N10O26/c1-8-9-10-11-12-13-24-116-46-19-14-40(15-20-46)35-89-38(4)75(107)96-84(6)34-61(117-39(5)74(84)106)121-73-71(105)70(104)59(36-97)120-83(73)122-72-57-29-44-30-58(72)119-56-23-18-43(28-50(56)86)69(103)67-81(113)93-65(82(114)115)48-31-45(98)32-54(100)62(48)47-26-41(16-21-53(47)99)63(78(110)95-67)92-79(111)64(44)91-77(109)52(33-60(87)101)90-80(112)66(94-76(108)51(88-7)25-37(2)3)68(102)42-17-22-55(118-57)49(85)27-42/h14-23,26-32,37-39,51-52,59,61,63-71,73-74,83,88-89,97-100,102-106H,8-13,24-25,33-36H2,1-7H3,(H2,87,101)(H,90,112)(H,91,109)(H,92,111)(H,93,113)(H,94,108)(H,95,110)(H,96,107)(H,114,115)/t38-,39-,51+,52-,59+,61-,63+,64+,65-,66+,67-,68+,69+,70+,71-,73+,74+,83-,84-/m0/s1. The molecule has 11 bridgehead atoms. The second-order valence-electron chi connectivity index (χ2n) is 31.5. The predicted molar refractivity (Wildman–Crippen MR) is 435 cm³/mol. The van der Waals surface area contributed by atoms with E-state index in [9.17, 15) is 79.8 Å². The van der Waals surface area contributed by atoms with Crippen molar-refractivity contribution >= 4 is 76.4 Å². The summed E-state index contributed by atoms with van der Waals surface area (Å²) >= 11 is 14.3. The van der Waals surface area contributed by atoms with Gasteiger partial charge >= 0.3 is 5.97 Å². The van der Waals surface area contributed by atoms with Crippen molar-refractivity contribution in [2.24, 2.45) is 11.7 Å². The van der Waals surface area contributed by atoms with Crippen LogP contribution in [0.3, 0.4) is 0 Å². The maximum Gasteiger partial charge on any atom is 0.330 e. The molecule has 38 heteroatoms. The monoisotopic (exact) mass is 1740 g/mol. The highest BCUT2D eigenvalue weighted by atomic mass is 35.5. The summed E-state index contributed by atoms with van der Waals surface area (Å²) in [4.78, 5) is 132. The van der Waals surface area contributed by atoms with Crippen LogP contribution in [0.2, 0.25) is 10.0 Å². The molecule has 21 N–H and O–H groups in total. The van der Waals surface area contributed by atoms with Crippen LogP contribution in [0.5, 0.6) is 51.7 Å². The number of rotatable bonds is 26. The Bertz CT molecular complexity index is 4860. The first-order chi connectivity index (χ1) is 58.0. The van der Waals surface area contributed by atoms with E-state index in [4.69, 9.17) is 62.1 Å². The zero-order valence-electron chi connectivity index (χ0n) is 67.6. The first-order valence-corrected chi connectivity index (χ1v) is 40.7. The molecule has 7 heterocycles. The Morgan fingerprint density at radius 1 is 0.672 bits per heavy atom. The molecule has 0 unspecified atom stereocenters. The van der Waals surface area contributed by atoms with Gasteiger partial charge in [-0.05, 0) is 141 Å². The van der Waals surface area contributed by atoms with Gasteiger partial charge in [-0.15, -0.1) is 0 Å². The summed E-state index contributed by atoms with van der Waals surface area (Å²) in [6.45, 7) is 10.2. The molecule has 7 aliphatic rings. The van der Waals surface area contributed by atoms with E-state index in [0.717, 1.165) is 98.0 Å². The fourth-order valence-electron chi connectivity index (χ4n) is 15.1. The van der Waals surface area contributed by atoms with Crippen molar-refractivity contribution in [1.29, 1.82) is 0 Å². The molecule has 8 amide bonds. The van der Waals surface area contributed by atoms with Gasteiger partial charge < -0.3 is 138 Å². The number of aliphatic hydroxyl groups excluding tert-OH is 6. The minimum Gasteiger partial charge on any atom is -0.508 e. The van der Waals surface area contributed by atoms with E-state index in [0.29, 0.717) is 12.4 Å². The number of phenolic OH excluding ortho intramolecular Hbond substituents is 3. The fraction of sp³-hybridized carbons (Fsp3) is 0.464. The quantitative estimate of drug-likeness (QED) is 0.0339. The molecule has 2 fully saturated rings. The molecule has 13 rings (SSSR count). The number of primary amides is 1. The summed E-state index contributed by atoms with van der Waals surface area (Å²) in [6.07, 6.45) is -13.1. The van der Waals surface area contributed by atoms with Crippen molar-refractivity contribution < 1.29 is 127 Å². The maximum atomic E-state index is 16.2. The van der Waals surface area contributed by atoms with Crippen molar-refractivity contribution in [2.45, 2.75) is 221 Å². The number of carboxylic acids is 1. The summed E-state index contributed by atoms with van der Waals surface area (Å²) in [5.41, 5.74) is 2.08. The zero-order chi connectivity index (χ0) is 88.5. The number of aliphatic hydroxyl groups is 6. The average Bonchev–Trinajstić information content (AvgIpc) is 0.772. The van der Waals surface area contributed by atoms with Gasteiger partial charge in [0.05, 0.1) is 53.4 Å². The first-order valence-electron chi connectivity index (χ1n) is 39.9. The van der Waals surface area contributed by atoms with Gasteiger partial charge in [0.25, 0.3) is 0 Å². The van der Waals surface area contributed by atoms with Gasteiger partial charge in [-0.25, -0.2) is 4.79 Å². The van der Waals surface area contributed by atoms with Gasteiger partial charge in [-0.3, -0.25) is 38.4 Å². The highest BCUT2D eigenvalue weighted by molar-refractivity contribution is 6.32. The van der Waals surface area contributed by atoms with Crippen LogP contribution in [0.25, 0.3) is 11.1 Å². The molecule has 2 saturated heterocycles. The third-order valence-electron chi connectivity index (χ3n) is 21.8. The van der Waals surface area contributed by atoms with Crippen LogP contribution in [-0.2, 0) is 63.9 Å². The van der Waals surface area contributed by atoms with E-state index in [1.165, 1.54) is 45.9 Å². The van der Waals surface area contributed by atoms with Gasteiger partial charge in [-0.1, -0.05) is 106 Å². The van der Waals surface area contributed by atoms with Gasteiger partial charge in [0.1, 0.15) is 101 Å². The summed E-state index contributed by atoms with van der Waals surface area (Å²) in [6, 6.07) is 5.62. The van der Waals surface area contributed by atoms with E-state index >= 15 is 14.4 Å². The van der Waals surface area contributed by atoms with Crippen LogP contribution in [0.15, 0.2) is 103 Å². The lowest BCUT2D eigenvalue weighted by Crippen LogP contribution is -2.67. The van der Waals surface area contributed by atoms with E-state index < -0.39 is 249 Å². The number of unbranched alkanes of at least 4 members (excludes halogenated alkanes) is 5. The number of nitrogens with one attached hydrogen (secondary N) is 9. The van der Waals surface area contributed by atoms with E-state index in [1.54, 1.807) is 6.92 Å². The molecule has 6 aromatic carbocycles. The number of ether oxygens (including phenoxy) is 7. The molecular weight excluding hydrogens is 1640 g/mol. The Morgan fingerprint density at radius 2 is 1.30 bits per heavy atom. The van der Waals surface area contributed by atoms with E-state index in [2.05, 4.69) is 54.8 Å². The van der Waals surface area contributed by atoms with Gasteiger partial charge in [0.2, 0.25) is 59.3 Å². The normalized spacial score (nSPS) is 26.6. The molecule has 0 aromatic heterocycles. The van der Waals surface area contributed by atoms with Crippen LogP contribution < -0.4 is 72.5 Å². The largest absolute Gasteiger partial charge is 0.508 e. The second kappa shape index (κ2) is 40.1. The van der Waals surface area contributed by atoms with Crippen molar-refractivity contribution in [1.82, 2.24) is 47.9 Å². The first kappa shape index (κ1) is 92.0. The van der Waals surface area contributed by atoms with E-state index in [1.807, 2.05) is 38.1 Å². The zero-order valence-corrected chi connectivity index (χ0v) is 69.1. The van der Waals surface area contributed by atoms with Gasteiger partial charge in [-0.2, -0.15) is 0 Å². The molecule has 19 atom stereocenters. The third-order valence-corrected chi connectivity index (χ3v) is 22.4. The molecule has 7 aliphatic heterocycles. The maximum absolute atomic E-state index is 16.2. The molecule has 0 saturated carbocycles. The topological polar surface area (TPSA) is 555 Å². The Hall–Kier alpha value is -10.7. The molecule has 0 radical (unpaired) electrons. The summed E-state index contributed by atoms with van der Waals surface area (Å²) in [5.74, 6) is -16.2. The number of carbonyl (C=O) groups is 9. The molecular formula is C84H102Cl2N10O26. The number of aliphatic carboxylic acids is 1. The minimum atomic E-state index is -2.39. The number of carbonyl (C=O) groups excluding carboxylic acids is 8. The van der Waals surface area contributed by atoms with Crippen LogP contribution in [0, 0.1) is 5.92 Å². The third kappa shape index (κ3) is 21.5. The van der Waals surface area contributed by atoms with Crippen LogP contribution in [-0.4, -0.2) is 210 Å². The number of amides is 8. The van der Waals surface area contributed by atoms with Crippen LogP contribution in [0.1, 0.15) is 163 Å². The SMILES string of the molecule is CCCCCCCCOc1ccc(CN[C@@H](C)C(=O)N[C@@]2(C)C[C@H](O[C@H]3[C@H](Oc4c5cc6cc4Oc4ccc(cc4Cl)[C@@H](O)[C@@H](NC(=O)[C@@H](CC(C)C)NC)C(=O)N[C@@H](CC(N)=O)C(=O)N[C@H]6C(=O)N[C@H]4C(=O)N[C@H](C(=O)N[C@H](C(=O)O)c6cc(O)cc(O)c6-c6cc4ccc6O)[C@H](O)c4ccc(c(Cl)c4)O5)O[C@H](CO)[C@@H](O)[C@@H]3O)O[C@@H](C)[C@H]2O)cc1. The lowest BCUT2D eigenvalue weighted by atomic mass is 9.84. The van der Waals surface area contributed by atoms with Crippen molar-refractivity contribution in [3.05, 3.63) is 147 Å². The van der Waals surface area contributed by atoms with Gasteiger partial charge in [0.15, 0.2) is 29.9 Å². The van der Waals surface area contributed by atoms with Crippen molar-refractivity contribution in [3.63, 3.8) is 0 Å². The Kier molecular flexibility index (Phi) is 30.2. The van der Waals surface area contributed by atoms with Gasteiger partial charge in [0, 0.05) is 35.7 Å². The summed E-state index contributed by atoms with van der Waals surface area (Å²) < 4.78 is 45.3. The Balaban J connectivity index is 1.05. The Labute approximate surface area is 710 Å². The average molecular weight is 1740 g/mol. The smallest absolute Gasteiger partial charge is 0.330 e. The molecule has 0 aliphatic carbocycles. The van der Waals surface area contributed by atoms with Crippen molar-refractivity contribution in [2.75, 3.05) is 20.3 Å². The summed E-state index contributed by atoms with van der Waals surface area (Å²) in [5, 5.41) is 139. The number of fused-ring (bicyclic) bond motifs is 15. The van der Waals surface area contributed by atoms with Crippen LogP contribution >= 0.6 is 23.2 Å². The predicted octanol–water partition coefficient (Wildman–Crippen LogP) is 4.18. The number of benzene rings is 6. The number of aromatic hydroxyl groups is 3. The number of carboxylic acid groups (broad SMARTS) is 1. The number of likely N-dealkylation sites (N-methyl/N-ethyl adjacent to an activating group) is 1. The number of nitrogens with two attached hydrogens (primary N) is 1. The molecule has 122 heavy (non-hydrogen) atoms. The summed E-state index contributed by atoms with van der Waals surface area (Å²) in [7, 11) is 1.47.